The Balaban J connectivity index is 1.44. The van der Waals surface area contributed by atoms with Crippen molar-refractivity contribution in [3.63, 3.8) is 0 Å². The molecule has 2 fully saturated rings. The quantitative estimate of drug-likeness (QED) is 0.756. The van der Waals surface area contributed by atoms with Crippen LogP contribution >= 0.6 is 11.8 Å². The zero-order valence-corrected chi connectivity index (χ0v) is 17.2. The summed E-state index contributed by atoms with van der Waals surface area (Å²) in [7, 11) is 0. The van der Waals surface area contributed by atoms with Gasteiger partial charge in [0.15, 0.2) is 0 Å². The smallest absolute Gasteiger partial charge is 0.271 e. The highest BCUT2D eigenvalue weighted by molar-refractivity contribution is 7.99. The zero-order chi connectivity index (χ0) is 19.1. The first-order chi connectivity index (χ1) is 13.2. The number of amides is 2. The maximum atomic E-state index is 12.5. The predicted molar refractivity (Wildman–Crippen MR) is 109 cm³/mol. The number of nitrogens with one attached hydrogen (secondary N) is 1. The third-order valence-electron chi connectivity index (χ3n) is 6.01. The highest BCUT2D eigenvalue weighted by Crippen LogP contribution is 2.33. The van der Waals surface area contributed by atoms with Crippen LogP contribution in [0.1, 0.15) is 55.9 Å². The van der Waals surface area contributed by atoms with E-state index >= 15 is 0 Å². The van der Waals surface area contributed by atoms with Crippen molar-refractivity contribution in [3.8, 4) is 0 Å². The van der Waals surface area contributed by atoms with Gasteiger partial charge in [0.05, 0.1) is 0 Å². The Labute approximate surface area is 166 Å². The summed E-state index contributed by atoms with van der Waals surface area (Å²) < 4.78 is 0. The molecule has 27 heavy (non-hydrogen) atoms. The summed E-state index contributed by atoms with van der Waals surface area (Å²) in [5.41, 5.74) is 0.585. The van der Waals surface area contributed by atoms with Crippen LogP contribution < -0.4 is 0 Å². The summed E-state index contributed by atoms with van der Waals surface area (Å²) in [6.07, 6.45) is 7.88. The molecule has 3 heterocycles. The molecule has 1 atom stereocenters. The number of H-pyrrole nitrogens is 1. The standard InChI is InChI=1S/C20H32N4O2S/c1-2-27-15-9-19(25)23-12-6-17(7-13-23)16-4-3-11-24(14-8-16)20(26)18-5-10-21-22-18/h5,10,16-17H,2-4,6-9,11-15H2,1H3,(H,21,22). The fraction of sp³-hybridized carbons (Fsp3) is 0.750. The molecule has 0 saturated carbocycles. The average molecular weight is 393 g/mol. The normalized spacial score (nSPS) is 21.9. The SMILES string of the molecule is CCSCCC(=O)N1CCC(C2CCCN(C(=O)c3ccn[nH]3)CC2)CC1. The van der Waals surface area contributed by atoms with E-state index in [2.05, 4.69) is 22.0 Å². The van der Waals surface area contributed by atoms with Crippen molar-refractivity contribution in [1.29, 1.82) is 0 Å². The fourth-order valence-electron chi connectivity index (χ4n) is 4.42. The number of hydrogen-bond acceptors (Lipinski definition) is 4. The molecule has 7 heteroatoms. The van der Waals surface area contributed by atoms with Crippen molar-refractivity contribution in [1.82, 2.24) is 20.0 Å². The molecule has 2 amide bonds. The number of nitrogens with zero attached hydrogens (tertiary/aromatic N) is 3. The van der Waals surface area contributed by atoms with E-state index < -0.39 is 0 Å². The zero-order valence-electron chi connectivity index (χ0n) is 16.4. The second kappa shape index (κ2) is 10.2. The van der Waals surface area contributed by atoms with E-state index in [1.165, 1.54) is 6.42 Å². The second-order valence-corrected chi connectivity index (χ2v) is 9.01. The first-order valence-corrected chi connectivity index (χ1v) is 11.5. The van der Waals surface area contributed by atoms with Gasteiger partial charge >= 0.3 is 0 Å². The van der Waals surface area contributed by atoms with Crippen molar-refractivity contribution >= 4 is 23.6 Å². The van der Waals surface area contributed by atoms with Crippen LogP contribution in [0, 0.1) is 11.8 Å². The Hall–Kier alpha value is -1.50. The Morgan fingerprint density at radius 1 is 1.11 bits per heavy atom. The van der Waals surface area contributed by atoms with E-state index in [4.69, 9.17) is 0 Å². The van der Waals surface area contributed by atoms with E-state index in [0.29, 0.717) is 29.9 Å². The number of carbonyl (C=O) groups is 2. The van der Waals surface area contributed by atoms with Crippen LogP contribution in [0.25, 0.3) is 0 Å². The lowest BCUT2D eigenvalue weighted by Gasteiger charge is -2.36. The number of thioether (sulfide) groups is 1. The Kier molecular flexibility index (Phi) is 7.61. The number of aromatic amines is 1. The lowest BCUT2D eigenvalue weighted by Crippen LogP contribution is -2.40. The van der Waals surface area contributed by atoms with Crippen LogP contribution in [-0.2, 0) is 4.79 Å². The molecule has 6 nitrogen and oxygen atoms in total. The number of hydrogen-bond donors (Lipinski definition) is 1. The summed E-state index contributed by atoms with van der Waals surface area (Å²) in [5.74, 6) is 3.79. The summed E-state index contributed by atoms with van der Waals surface area (Å²) in [6.45, 7) is 5.62. The molecule has 0 bridgehead atoms. The van der Waals surface area contributed by atoms with E-state index in [1.807, 2.05) is 16.7 Å². The Bertz CT molecular complexity index is 599. The van der Waals surface area contributed by atoms with Crippen molar-refractivity contribution in [2.24, 2.45) is 11.8 Å². The first-order valence-electron chi connectivity index (χ1n) is 10.3. The lowest BCUT2D eigenvalue weighted by atomic mass is 9.80. The van der Waals surface area contributed by atoms with Crippen LogP contribution in [0.15, 0.2) is 12.3 Å². The molecule has 1 unspecified atom stereocenters. The predicted octanol–water partition coefficient (Wildman–Crippen LogP) is 3.03. The van der Waals surface area contributed by atoms with Gasteiger partial charge in [-0.3, -0.25) is 14.7 Å². The number of rotatable bonds is 6. The molecule has 2 aliphatic heterocycles. The van der Waals surface area contributed by atoms with Crippen LogP contribution in [0.2, 0.25) is 0 Å². The molecule has 3 rings (SSSR count). The molecule has 2 aliphatic rings. The van der Waals surface area contributed by atoms with Gasteiger partial charge in [0.25, 0.3) is 5.91 Å². The van der Waals surface area contributed by atoms with Gasteiger partial charge < -0.3 is 9.80 Å². The van der Waals surface area contributed by atoms with Gasteiger partial charge in [-0.05, 0) is 55.8 Å². The molecule has 0 aliphatic carbocycles. The molecule has 1 N–H and O–H groups in total. The topological polar surface area (TPSA) is 69.3 Å². The molecule has 1 aromatic rings. The third kappa shape index (κ3) is 5.50. The maximum Gasteiger partial charge on any atom is 0.271 e. The van der Waals surface area contributed by atoms with Crippen LogP contribution in [0.5, 0.6) is 0 Å². The van der Waals surface area contributed by atoms with Gasteiger partial charge in [-0.1, -0.05) is 6.92 Å². The minimum Gasteiger partial charge on any atom is -0.343 e. The number of carbonyl (C=O) groups excluding carboxylic acids is 2. The highest BCUT2D eigenvalue weighted by Gasteiger charge is 2.30. The molecular weight excluding hydrogens is 360 g/mol. The summed E-state index contributed by atoms with van der Waals surface area (Å²) in [5, 5.41) is 6.67. The van der Waals surface area contributed by atoms with Crippen LogP contribution in [0.4, 0.5) is 0 Å². The molecule has 2 saturated heterocycles. The minimum atomic E-state index is 0.0681. The van der Waals surface area contributed by atoms with Crippen molar-refractivity contribution in [2.75, 3.05) is 37.7 Å². The Morgan fingerprint density at radius 2 is 1.81 bits per heavy atom. The molecule has 150 valence electrons. The lowest BCUT2D eigenvalue weighted by molar-refractivity contribution is -0.132. The number of likely N-dealkylation sites (tertiary alicyclic amines) is 2. The van der Waals surface area contributed by atoms with Gasteiger partial charge in [-0.2, -0.15) is 16.9 Å². The Morgan fingerprint density at radius 3 is 2.48 bits per heavy atom. The van der Waals surface area contributed by atoms with Crippen LogP contribution in [-0.4, -0.2) is 69.5 Å². The van der Waals surface area contributed by atoms with Crippen molar-refractivity contribution < 1.29 is 9.59 Å². The minimum absolute atomic E-state index is 0.0681. The largest absolute Gasteiger partial charge is 0.343 e. The second-order valence-electron chi connectivity index (χ2n) is 7.62. The van der Waals surface area contributed by atoms with Gasteiger partial charge in [-0.25, -0.2) is 0 Å². The molecule has 0 spiro atoms. The molecule has 0 aromatic carbocycles. The van der Waals surface area contributed by atoms with E-state index in [1.54, 1.807) is 12.3 Å². The van der Waals surface area contributed by atoms with Gasteiger partial charge in [-0.15, -0.1) is 0 Å². The number of piperidine rings is 1. The third-order valence-corrected chi connectivity index (χ3v) is 6.92. The first kappa shape index (κ1) is 20.2. The summed E-state index contributed by atoms with van der Waals surface area (Å²) in [4.78, 5) is 28.9. The highest BCUT2D eigenvalue weighted by atomic mass is 32.2. The summed E-state index contributed by atoms with van der Waals surface area (Å²) in [6, 6.07) is 1.75. The van der Waals surface area contributed by atoms with Crippen molar-refractivity contribution in [2.45, 2.75) is 45.4 Å². The van der Waals surface area contributed by atoms with E-state index in [-0.39, 0.29) is 5.91 Å². The maximum absolute atomic E-state index is 12.5. The monoisotopic (exact) mass is 392 g/mol. The summed E-state index contributed by atoms with van der Waals surface area (Å²) >= 11 is 1.84. The molecule has 0 radical (unpaired) electrons. The van der Waals surface area contributed by atoms with Gasteiger partial charge in [0.2, 0.25) is 5.91 Å². The van der Waals surface area contributed by atoms with Gasteiger partial charge in [0, 0.05) is 44.5 Å². The molecular formula is C20H32N4O2S. The van der Waals surface area contributed by atoms with E-state index in [0.717, 1.165) is 63.4 Å². The number of aromatic nitrogens is 2. The van der Waals surface area contributed by atoms with Crippen molar-refractivity contribution in [3.05, 3.63) is 18.0 Å². The fourth-order valence-corrected chi connectivity index (χ4v) is 5.03. The van der Waals surface area contributed by atoms with E-state index in [9.17, 15) is 9.59 Å². The van der Waals surface area contributed by atoms with Gasteiger partial charge in [0.1, 0.15) is 5.69 Å². The average Bonchev–Trinajstić information content (AvgIpc) is 3.12. The molecule has 1 aromatic heterocycles. The van der Waals surface area contributed by atoms with Crippen LogP contribution in [0.3, 0.4) is 0 Å².